The molecule has 0 aliphatic carbocycles. The van der Waals surface area contributed by atoms with Gasteiger partial charge in [0.05, 0.1) is 19.8 Å². The van der Waals surface area contributed by atoms with Crippen LogP contribution >= 0.6 is 0 Å². The van der Waals surface area contributed by atoms with Gasteiger partial charge in [0, 0.05) is 13.1 Å². The minimum atomic E-state index is -0.437. The fourth-order valence-electron chi connectivity index (χ4n) is 3.31. The van der Waals surface area contributed by atoms with Crippen molar-refractivity contribution in [3.8, 4) is 0 Å². The van der Waals surface area contributed by atoms with Crippen LogP contribution in [0.15, 0.2) is 30.3 Å². The highest BCUT2D eigenvalue weighted by molar-refractivity contribution is 5.80. The smallest absolute Gasteiger partial charge is 0.251 e. The van der Waals surface area contributed by atoms with Crippen molar-refractivity contribution in [3.05, 3.63) is 35.9 Å². The molecule has 0 bridgehead atoms. The summed E-state index contributed by atoms with van der Waals surface area (Å²) in [6.45, 7) is 5.23. The summed E-state index contributed by atoms with van der Waals surface area (Å²) in [6, 6.07) is 10.8. The second-order valence-corrected chi connectivity index (χ2v) is 6.25. The van der Waals surface area contributed by atoms with Gasteiger partial charge >= 0.3 is 0 Å². The Morgan fingerprint density at radius 3 is 2.65 bits per heavy atom. The second-order valence-electron chi connectivity index (χ2n) is 6.25. The van der Waals surface area contributed by atoms with E-state index in [1.165, 1.54) is 18.4 Å². The minimum absolute atomic E-state index is 0.0520. The van der Waals surface area contributed by atoms with Crippen LogP contribution in [-0.2, 0) is 14.3 Å². The van der Waals surface area contributed by atoms with E-state index in [-0.39, 0.29) is 5.91 Å². The highest BCUT2D eigenvalue weighted by Crippen LogP contribution is 2.27. The Morgan fingerprint density at radius 2 is 1.96 bits per heavy atom. The molecule has 1 atom stereocenters. The van der Waals surface area contributed by atoms with Crippen LogP contribution in [0.1, 0.15) is 24.3 Å². The summed E-state index contributed by atoms with van der Waals surface area (Å²) in [4.78, 5) is 14.4. The lowest BCUT2D eigenvalue weighted by Gasteiger charge is -2.32. The largest absolute Gasteiger partial charge is 0.376 e. The van der Waals surface area contributed by atoms with Crippen LogP contribution in [0.5, 0.6) is 0 Å². The van der Waals surface area contributed by atoms with E-state index >= 15 is 0 Å². The van der Waals surface area contributed by atoms with Crippen LogP contribution in [0.4, 0.5) is 0 Å². The van der Waals surface area contributed by atoms with E-state index in [1.807, 2.05) is 0 Å². The van der Waals surface area contributed by atoms with Crippen molar-refractivity contribution in [2.75, 3.05) is 46.0 Å². The summed E-state index contributed by atoms with van der Waals surface area (Å²) >= 11 is 0. The van der Waals surface area contributed by atoms with Gasteiger partial charge in [-0.1, -0.05) is 30.3 Å². The minimum Gasteiger partial charge on any atom is -0.376 e. The first-order chi connectivity index (χ1) is 11.3. The molecule has 0 radical (unpaired) electrons. The Kier molecular flexibility index (Phi) is 6.02. The Labute approximate surface area is 137 Å². The number of hydrogen-bond donors (Lipinski definition) is 1. The molecule has 1 unspecified atom stereocenters. The van der Waals surface area contributed by atoms with Gasteiger partial charge in [0.15, 0.2) is 6.10 Å². The average molecular weight is 318 g/mol. The van der Waals surface area contributed by atoms with E-state index in [9.17, 15) is 4.79 Å². The lowest BCUT2D eigenvalue weighted by molar-refractivity contribution is -0.147. The fourth-order valence-corrected chi connectivity index (χ4v) is 3.31. The van der Waals surface area contributed by atoms with Crippen LogP contribution in [-0.4, -0.2) is 62.9 Å². The normalized spacial score (nSPS) is 23.6. The maximum atomic E-state index is 11.9. The molecule has 2 aliphatic rings. The molecular formula is C18H26N2O3. The van der Waals surface area contributed by atoms with Gasteiger partial charge in [-0.3, -0.25) is 4.79 Å². The van der Waals surface area contributed by atoms with Gasteiger partial charge in [0.25, 0.3) is 5.91 Å². The van der Waals surface area contributed by atoms with Crippen LogP contribution in [0.2, 0.25) is 0 Å². The summed E-state index contributed by atoms with van der Waals surface area (Å²) in [5.74, 6) is 0.624. The third-order valence-electron chi connectivity index (χ3n) is 4.69. The summed E-state index contributed by atoms with van der Waals surface area (Å²) in [6.07, 6.45) is 1.95. The van der Waals surface area contributed by atoms with Gasteiger partial charge in [-0.15, -0.1) is 0 Å². The molecule has 23 heavy (non-hydrogen) atoms. The molecule has 2 heterocycles. The molecule has 0 spiro atoms. The maximum absolute atomic E-state index is 11.9. The van der Waals surface area contributed by atoms with Crippen LogP contribution in [0.3, 0.4) is 0 Å². The summed E-state index contributed by atoms with van der Waals surface area (Å²) < 4.78 is 10.7. The predicted molar refractivity (Wildman–Crippen MR) is 88.4 cm³/mol. The number of amides is 1. The highest BCUT2D eigenvalue weighted by atomic mass is 16.6. The van der Waals surface area contributed by atoms with Crippen molar-refractivity contribution >= 4 is 5.91 Å². The Hall–Kier alpha value is -1.43. The molecule has 0 aromatic heterocycles. The van der Waals surface area contributed by atoms with Gasteiger partial charge < -0.3 is 19.7 Å². The zero-order valence-electron chi connectivity index (χ0n) is 13.6. The van der Waals surface area contributed by atoms with E-state index in [2.05, 4.69) is 40.5 Å². The first kappa shape index (κ1) is 16.4. The highest BCUT2D eigenvalue weighted by Gasteiger charge is 2.23. The number of ether oxygens (including phenoxy) is 2. The number of nitrogens with zero attached hydrogens (tertiary/aromatic N) is 1. The molecule has 126 valence electrons. The van der Waals surface area contributed by atoms with E-state index in [0.717, 1.165) is 19.6 Å². The third-order valence-corrected chi connectivity index (χ3v) is 4.69. The topological polar surface area (TPSA) is 50.8 Å². The molecule has 5 nitrogen and oxygen atoms in total. The molecule has 5 heteroatoms. The molecular weight excluding hydrogens is 292 g/mol. The van der Waals surface area contributed by atoms with Crippen molar-refractivity contribution in [1.82, 2.24) is 10.2 Å². The van der Waals surface area contributed by atoms with E-state index in [1.54, 1.807) is 0 Å². The molecule has 0 saturated carbocycles. The fraction of sp³-hybridized carbons (Fsp3) is 0.611. The van der Waals surface area contributed by atoms with E-state index in [4.69, 9.17) is 9.47 Å². The predicted octanol–water partition coefficient (Wildman–Crippen LogP) is 1.40. The number of likely N-dealkylation sites (tertiary alicyclic amines) is 1. The molecule has 2 aliphatic heterocycles. The Bertz CT molecular complexity index is 480. The number of nitrogens with one attached hydrogen (secondary N) is 1. The number of piperidine rings is 1. The van der Waals surface area contributed by atoms with Crippen molar-refractivity contribution in [2.45, 2.75) is 24.9 Å². The standard InChI is InChI=1S/C18H26N2O3/c21-18(17-14-22-12-13-23-17)19-8-11-20-9-6-16(7-10-20)15-4-2-1-3-5-15/h1-5,16-17H,6-14H2,(H,19,21). The molecule has 1 N–H and O–H groups in total. The summed E-state index contributed by atoms with van der Waals surface area (Å²) in [7, 11) is 0. The number of hydrogen-bond acceptors (Lipinski definition) is 4. The van der Waals surface area contributed by atoms with Gasteiger partial charge in [-0.05, 0) is 37.4 Å². The zero-order chi connectivity index (χ0) is 15.9. The van der Waals surface area contributed by atoms with Gasteiger partial charge in [-0.2, -0.15) is 0 Å². The van der Waals surface area contributed by atoms with Crippen LogP contribution < -0.4 is 5.32 Å². The summed E-state index contributed by atoms with van der Waals surface area (Å²) in [5, 5.41) is 2.96. The number of rotatable bonds is 5. The van der Waals surface area contributed by atoms with Crippen molar-refractivity contribution in [1.29, 1.82) is 0 Å². The molecule has 1 aromatic carbocycles. The molecule has 1 aromatic rings. The van der Waals surface area contributed by atoms with Gasteiger partial charge in [0.1, 0.15) is 0 Å². The Morgan fingerprint density at radius 1 is 1.17 bits per heavy atom. The van der Waals surface area contributed by atoms with Crippen molar-refractivity contribution in [2.24, 2.45) is 0 Å². The molecule has 2 fully saturated rings. The van der Waals surface area contributed by atoms with Gasteiger partial charge in [-0.25, -0.2) is 0 Å². The zero-order valence-corrected chi connectivity index (χ0v) is 13.6. The lowest BCUT2D eigenvalue weighted by Crippen LogP contribution is -2.45. The quantitative estimate of drug-likeness (QED) is 0.891. The van der Waals surface area contributed by atoms with Gasteiger partial charge in [0.2, 0.25) is 0 Å². The Balaban J connectivity index is 1.34. The first-order valence-corrected chi connectivity index (χ1v) is 8.57. The number of benzene rings is 1. The van der Waals surface area contributed by atoms with Crippen molar-refractivity contribution < 1.29 is 14.3 Å². The number of carbonyl (C=O) groups excluding carboxylic acids is 1. The van der Waals surface area contributed by atoms with E-state index < -0.39 is 6.10 Å². The maximum Gasteiger partial charge on any atom is 0.251 e. The first-order valence-electron chi connectivity index (χ1n) is 8.57. The monoisotopic (exact) mass is 318 g/mol. The molecule has 2 saturated heterocycles. The second kappa shape index (κ2) is 8.43. The lowest BCUT2D eigenvalue weighted by atomic mass is 9.89. The van der Waals surface area contributed by atoms with Crippen LogP contribution in [0, 0.1) is 0 Å². The average Bonchev–Trinajstić information content (AvgIpc) is 2.64. The summed E-state index contributed by atoms with van der Waals surface area (Å²) in [5.41, 5.74) is 1.45. The SMILES string of the molecule is O=C(NCCN1CCC(c2ccccc2)CC1)C1COCCO1. The molecule has 3 rings (SSSR count). The molecule has 1 amide bonds. The van der Waals surface area contributed by atoms with Crippen molar-refractivity contribution in [3.63, 3.8) is 0 Å². The van der Waals surface area contributed by atoms with E-state index in [0.29, 0.717) is 32.3 Å². The van der Waals surface area contributed by atoms with Crippen LogP contribution in [0.25, 0.3) is 0 Å². The number of carbonyl (C=O) groups is 1. The third kappa shape index (κ3) is 4.77.